The van der Waals surface area contributed by atoms with Crippen LogP contribution in [0.1, 0.15) is 155 Å². The highest BCUT2D eigenvalue weighted by molar-refractivity contribution is 5.69. The predicted molar refractivity (Wildman–Crippen MR) is 224 cm³/mol. The molecule has 11 unspecified atom stereocenters. The molecule has 0 radical (unpaired) electrons. The summed E-state index contributed by atoms with van der Waals surface area (Å²) in [6.07, 6.45) is 17.0. The maximum atomic E-state index is 12.9. The number of carbonyl (C=O) groups excluding carboxylic acids is 1. The number of aliphatic hydroxyl groups excluding tert-OH is 7. The lowest BCUT2D eigenvalue weighted by molar-refractivity contribution is -0.332. The lowest BCUT2D eigenvalue weighted by Crippen LogP contribution is -2.61. The van der Waals surface area contributed by atoms with Gasteiger partial charge in [-0.15, -0.1) is 0 Å². The summed E-state index contributed by atoms with van der Waals surface area (Å²) in [6.45, 7) is 3.59. The summed E-state index contributed by atoms with van der Waals surface area (Å²) in [7, 11) is 0. The Morgan fingerprint density at radius 2 is 1.05 bits per heavy atom. The van der Waals surface area contributed by atoms with Crippen molar-refractivity contribution >= 4 is 5.97 Å². The van der Waals surface area contributed by atoms with Gasteiger partial charge in [0.25, 0.3) is 0 Å². The number of hydrogen-bond donors (Lipinski definition) is 7. The van der Waals surface area contributed by atoms with Crippen LogP contribution in [0.3, 0.4) is 0 Å². The van der Waals surface area contributed by atoms with E-state index in [1.165, 1.54) is 77.0 Å². The van der Waals surface area contributed by atoms with Crippen molar-refractivity contribution in [1.29, 1.82) is 0 Å². The molecule has 14 heteroatoms. The number of unbranched alkanes of at least 4 members (excludes halogenated alkanes) is 17. The zero-order chi connectivity index (χ0) is 43.1. The molecule has 0 amide bonds. The topological polar surface area (TPSA) is 214 Å². The van der Waals surface area contributed by atoms with Crippen LogP contribution in [-0.2, 0) is 33.2 Å². The van der Waals surface area contributed by atoms with E-state index < -0.39 is 80.7 Å². The number of allylic oxidation sites excluding steroid dienone is 4. The van der Waals surface area contributed by atoms with E-state index in [9.17, 15) is 40.5 Å². The quantitative estimate of drug-likeness (QED) is 0.0246. The van der Waals surface area contributed by atoms with E-state index in [-0.39, 0.29) is 25.6 Å². The van der Waals surface area contributed by atoms with E-state index in [1.54, 1.807) is 0 Å². The van der Waals surface area contributed by atoms with Crippen LogP contribution in [-0.4, -0.2) is 142 Å². The Balaban J connectivity index is 1.73. The van der Waals surface area contributed by atoms with Gasteiger partial charge in [0.1, 0.15) is 54.9 Å². The molecule has 0 aromatic rings. The number of carbonyl (C=O) groups is 1. The molecule has 346 valence electrons. The van der Waals surface area contributed by atoms with Gasteiger partial charge in [0, 0.05) is 13.0 Å². The molecule has 0 saturated carbocycles. The third kappa shape index (κ3) is 22.9. The highest BCUT2D eigenvalue weighted by Gasteiger charge is 2.47. The van der Waals surface area contributed by atoms with Gasteiger partial charge in [-0.1, -0.05) is 128 Å². The molecule has 0 bridgehead atoms. The Kier molecular flexibility index (Phi) is 30.9. The van der Waals surface area contributed by atoms with Gasteiger partial charge < -0.3 is 64.2 Å². The third-order valence-corrected chi connectivity index (χ3v) is 11.0. The summed E-state index contributed by atoms with van der Waals surface area (Å²) in [6, 6.07) is 0. The Morgan fingerprint density at radius 3 is 1.66 bits per heavy atom. The number of ether oxygens (including phenoxy) is 6. The van der Waals surface area contributed by atoms with Crippen molar-refractivity contribution in [3.63, 3.8) is 0 Å². The number of aliphatic hydroxyl groups is 7. The first-order valence-corrected chi connectivity index (χ1v) is 22.9. The second-order valence-corrected chi connectivity index (χ2v) is 16.2. The molecule has 0 aliphatic carbocycles. The lowest BCUT2D eigenvalue weighted by Gasteiger charge is -2.42. The molecule has 2 saturated heterocycles. The van der Waals surface area contributed by atoms with Crippen molar-refractivity contribution in [3.8, 4) is 0 Å². The molecular weight excluding hydrogens is 764 g/mol. The number of hydrogen-bond acceptors (Lipinski definition) is 14. The fraction of sp³-hybridized carbons (Fsp3) is 0.889. The van der Waals surface area contributed by atoms with Gasteiger partial charge in [0.15, 0.2) is 12.6 Å². The Hall–Kier alpha value is -1.53. The average molecular weight is 847 g/mol. The molecule has 7 N–H and O–H groups in total. The second-order valence-electron chi connectivity index (χ2n) is 16.2. The van der Waals surface area contributed by atoms with Crippen LogP contribution in [0, 0.1) is 0 Å². The van der Waals surface area contributed by atoms with Crippen LogP contribution in [0.25, 0.3) is 0 Å². The molecule has 2 rings (SSSR count). The van der Waals surface area contributed by atoms with Gasteiger partial charge in [0.2, 0.25) is 0 Å². The number of esters is 1. The van der Waals surface area contributed by atoms with Crippen molar-refractivity contribution in [2.75, 3.05) is 33.0 Å². The average Bonchev–Trinajstić information content (AvgIpc) is 3.23. The summed E-state index contributed by atoms with van der Waals surface area (Å²) < 4.78 is 34.0. The maximum absolute atomic E-state index is 12.9. The molecule has 14 nitrogen and oxygen atoms in total. The molecule has 59 heavy (non-hydrogen) atoms. The summed E-state index contributed by atoms with van der Waals surface area (Å²) >= 11 is 0. The van der Waals surface area contributed by atoms with Gasteiger partial charge in [-0.3, -0.25) is 4.79 Å². The van der Waals surface area contributed by atoms with Gasteiger partial charge in [0.05, 0.1) is 26.4 Å². The second kappa shape index (κ2) is 34.0. The standard InChI is InChI=1S/C45H82O14/c1-3-5-7-9-11-12-13-14-15-16-17-18-19-20-21-22-23-24-26-28-37(47)57-34(31-54-29-27-25-10-8-6-4-2)32-55-44-43(53)41(51)39(49)36(59-44)33-56-45-42(52)40(50)38(48)35(30-46)58-45/h11-12,14-15,34-36,38-46,48-53H,3-10,13,16-33H2,1-2H3/b12-11-,15-14-. The van der Waals surface area contributed by atoms with Crippen LogP contribution in [0.5, 0.6) is 0 Å². The minimum atomic E-state index is -1.70. The van der Waals surface area contributed by atoms with Crippen molar-refractivity contribution in [3.05, 3.63) is 24.3 Å². The summed E-state index contributed by atoms with van der Waals surface area (Å²) in [5, 5.41) is 71.7. The first kappa shape index (κ1) is 53.6. The molecule has 2 aliphatic rings. The van der Waals surface area contributed by atoms with Gasteiger partial charge in [-0.25, -0.2) is 0 Å². The fourth-order valence-electron chi connectivity index (χ4n) is 7.14. The fourth-order valence-corrected chi connectivity index (χ4v) is 7.14. The zero-order valence-electron chi connectivity index (χ0n) is 36.2. The Labute approximate surface area is 354 Å². The number of rotatable bonds is 35. The Bertz CT molecular complexity index is 1080. The molecular formula is C45H82O14. The monoisotopic (exact) mass is 847 g/mol. The molecule has 11 atom stereocenters. The minimum absolute atomic E-state index is 0.0607. The lowest BCUT2D eigenvalue weighted by atomic mass is 9.98. The van der Waals surface area contributed by atoms with Crippen molar-refractivity contribution in [1.82, 2.24) is 0 Å². The van der Waals surface area contributed by atoms with Crippen LogP contribution < -0.4 is 0 Å². The third-order valence-electron chi connectivity index (χ3n) is 11.0. The van der Waals surface area contributed by atoms with E-state index in [0.29, 0.717) is 13.0 Å². The van der Waals surface area contributed by atoms with Crippen LogP contribution in [0.2, 0.25) is 0 Å². The minimum Gasteiger partial charge on any atom is -0.457 e. The first-order chi connectivity index (χ1) is 28.6. The van der Waals surface area contributed by atoms with E-state index in [1.807, 2.05) is 0 Å². The van der Waals surface area contributed by atoms with Crippen molar-refractivity contribution in [2.45, 2.75) is 223 Å². The normalized spacial score (nSPS) is 28.2. The van der Waals surface area contributed by atoms with E-state index in [2.05, 4.69) is 38.2 Å². The largest absolute Gasteiger partial charge is 0.457 e. The van der Waals surface area contributed by atoms with Gasteiger partial charge >= 0.3 is 5.97 Å². The van der Waals surface area contributed by atoms with Crippen molar-refractivity contribution < 1.29 is 69.0 Å². The van der Waals surface area contributed by atoms with Crippen LogP contribution in [0.4, 0.5) is 0 Å². The highest BCUT2D eigenvalue weighted by atomic mass is 16.7. The molecule has 0 spiro atoms. The molecule has 0 aromatic heterocycles. The highest BCUT2D eigenvalue weighted by Crippen LogP contribution is 2.26. The molecule has 2 fully saturated rings. The van der Waals surface area contributed by atoms with Crippen LogP contribution >= 0.6 is 0 Å². The van der Waals surface area contributed by atoms with Gasteiger partial charge in [-0.2, -0.15) is 0 Å². The smallest absolute Gasteiger partial charge is 0.306 e. The maximum Gasteiger partial charge on any atom is 0.306 e. The Morgan fingerprint density at radius 1 is 0.559 bits per heavy atom. The van der Waals surface area contributed by atoms with E-state index in [0.717, 1.165) is 51.4 Å². The van der Waals surface area contributed by atoms with E-state index in [4.69, 9.17) is 28.4 Å². The SMILES string of the molecule is CCCCC/C=C\C/C=C\CCCCCCCCCCCC(=O)OC(COCCCCCCCC)COC1OC(COC2OC(CO)C(O)C(O)C2O)C(O)C(O)C1O. The zero-order valence-corrected chi connectivity index (χ0v) is 36.2. The first-order valence-electron chi connectivity index (χ1n) is 22.9. The summed E-state index contributed by atoms with van der Waals surface area (Å²) in [5.41, 5.74) is 0. The predicted octanol–water partition coefficient (Wildman–Crippen LogP) is 5.29. The molecule has 2 heterocycles. The van der Waals surface area contributed by atoms with Gasteiger partial charge in [-0.05, 0) is 44.9 Å². The summed E-state index contributed by atoms with van der Waals surface area (Å²) in [5.74, 6) is -0.384. The van der Waals surface area contributed by atoms with E-state index >= 15 is 0 Å². The molecule has 0 aromatic carbocycles. The summed E-state index contributed by atoms with van der Waals surface area (Å²) in [4.78, 5) is 12.9. The van der Waals surface area contributed by atoms with Crippen LogP contribution in [0.15, 0.2) is 24.3 Å². The molecule has 2 aliphatic heterocycles. The van der Waals surface area contributed by atoms with Crippen molar-refractivity contribution in [2.24, 2.45) is 0 Å².